The minimum Gasteiger partial charge on any atom is -0.325 e. The van der Waals surface area contributed by atoms with E-state index in [2.05, 4.69) is 17.4 Å². The number of carbonyl (C=O) groups excluding carboxylic acids is 1. The summed E-state index contributed by atoms with van der Waals surface area (Å²) in [4.78, 5) is 27.1. The highest BCUT2D eigenvalue weighted by Crippen LogP contribution is 2.64. The number of amides is 1. The van der Waals surface area contributed by atoms with E-state index < -0.39 is 0 Å². The van der Waals surface area contributed by atoms with Crippen molar-refractivity contribution in [3.63, 3.8) is 0 Å². The predicted octanol–water partition coefficient (Wildman–Crippen LogP) is 6.16. The fourth-order valence-electron chi connectivity index (χ4n) is 6.11. The van der Waals surface area contributed by atoms with E-state index in [9.17, 15) is 9.59 Å². The molecule has 6 rings (SSSR count). The first-order valence-electron chi connectivity index (χ1n) is 11.5. The van der Waals surface area contributed by atoms with Crippen LogP contribution < -0.4 is 10.2 Å². The average molecular weight is 497 g/mol. The van der Waals surface area contributed by atoms with Gasteiger partial charge in [-0.2, -0.15) is 0 Å². The van der Waals surface area contributed by atoms with E-state index in [1.165, 1.54) is 36.2 Å². The van der Waals surface area contributed by atoms with Crippen LogP contribution in [0.3, 0.4) is 0 Å². The monoisotopic (exact) mass is 496 g/mol. The molecule has 1 N–H and O–H groups in total. The van der Waals surface area contributed by atoms with Crippen LogP contribution in [0.15, 0.2) is 58.4 Å². The molecule has 2 saturated carbocycles. The van der Waals surface area contributed by atoms with Gasteiger partial charge in [0.2, 0.25) is 5.91 Å². The van der Waals surface area contributed by atoms with Crippen molar-refractivity contribution < 1.29 is 4.79 Å². The maximum Gasteiger partial charge on any atom is 0.308 e. The molecule has 4 nitrogen and oxygen atoms in total. The fraction of sp³-hybridized carbons (Fsp3) is 0.385. The normalized spacial score (nSPS) is 27.3. The summed E-state index contributed by atoms with van der Waals surface area (Å²) in [6.07, 6.45) is 3.86. The third kappa shape index (κ3) is 3.76. The van der Waals surface area contributed by atoms with Crippen molar-refractivity contribution in [2.24, 2.45) is 17.8 Å². The molecule has 1 aromatic heterocycles. The van der Waals surface area contributed by atoms with E-state index in [-0.39, 0.29) is 23.2 Å². The molecule has 2 aromatic carbocycles. The average Bonchev–Trinajstić information content (AvgIpc) is 3.49. The maximum absolute atomic E-state index is 13.1. The Morgan fingerprint density at radius 3 is 2.58 bits per heavy atom. The van der Waals surface area contributed by atoms with Crippen molar-refractivity contribution in [2.45, 2.75) is 48.9 Å². The zero-order valence-corrected chi connectivity index (χ0v) is 20.7. The van der Waals surface area contributed by atoms with E-state index in [0.717, 1.165) is 32.1 Å². The molecule has 2 aliphatic carbocycles. The van der Waals surface area contributed by atoms with Crippen molar-refractivity contribution in [1.82, 2.24) is 4.57 Å². The number of rotatable bonds is 4. The molecule has 5 atom stereocenters. The second kappa shape index (κ2) is 8.33. The Morgan fingerprint density at radius 1 is 1.09 bits per heavy atom. The summed E-state index contributed by atoms with van der Waals surface area (Å²) < 4.78 is 1.71. The molecular formula is C26H25ClN2O2S2. The Balaban J connectivity index is 1.36. The lowest BCUT2D eigenvalue weighted by atomic mass is 9.75. The lowest BCUT2D eigenvalue weighted by molar-refractivity contribution is -0.116. The number of halogens is 1. The topological polar surface area (TPSA) is 51.1 Å². The molecule has 3 aliphatic rings. The Bertz CT molecular complexity index is 1260. The molecule has 33 heavy (non-hydrogen) atoms. The van der Waals surface area contributed by atoms with Gasteiger partial charge in [-0.15, -0.1) is 11.8 Å². The highest BCUT2D eigenvalue weighted by molar-refractivity contribution is 8.00. The standard InChI is InChI=1S/C26H25ClN2O2S2/c1-14-2-10-19(11-3-14)28-20(30)13-29-25-24(33-26(29)31)21(15-6-8-18(27)9-7-15)22-16-4-5-17(12-16)23(22)32-25/h2-3,6-11,16-17,21-23H,4-5,12-13H2,1H3,(H,28,30)/t16-,17-,21-,22+,23-/m0/s1. The van der Waals surface area contributed by atoms with E-state index in [4.69, 9.17) is 11.6 Å². The van der Waals surface area contributed by atoms with Crippen LogP contribution in [0, 0.1) is 24.7 Å². The highest BCUT2D eigenvalue weighted by Gasteiger charge is 2.55. The first kappa shape index (κ1) is 21.5. The van der Waals surface area contributed by atoms with Crippen LogP contribution in [-0.2, 0) is 11.3 Å². The Morgan fingerprint density at radius 2 is 1.82 bits per heavy atom. The summed E-state index contributed by atoms with van der Waals surface area (Å²) >= 11 is 9.37. The number of thiazole rings is 1. The number of hydrogen-bond donors (Lipinski definition) is 1. The van der Waals surface area contributed by atoms with Gasteiger partial charge in [-0.05, 0) is 73.8 Å². The largest absolute Gasteiger partial charge is 0.325 e. The van der Waals surface area contributed by atoms with Gasteiger partial charge in [0.1, 0.15) is 6.54 Å². The number of benzene rings is 2. The van der Waals surface area contributed by atoms with Gasteiger partial charge in [-0.1, -0.05) is 52.8 Å². The van der Waals surface area contributed by atoms with Crippen LogP contribution >= 0.6 is 34.7 Å². The lowest BCUT2D eigenvalue weighted by Crippen LogP contribution is -2.34. The Hall–Kier alpha value is -2.02. The third-order valence-electron chi connectivity index (χ3n) is 7.56. The van der Waals surface area contributed by atoms with E-state index in [0.29, 0.717) is 17.1 Å². The molecule has 0 radical (unpaired) electrons. The minimum absolute atomic E-state index is 0.0437. The van der Waals surface area contributed by atoms with Gasteiger partial charge in [0.25, 0.3) is 0 Å². The predicted molar refractivity (Wildman–Crippen MR) is 136 cm³/mol. The number of nitrogens with one attached hydrogen (secondary N) is 1. The van der Waals surface area contributed by atoms with Crippen molar-refractivity contribution >= 4 is 46.3 Å². The summed E-state index contributed by atoms with van der Waals surface area (Å²) in [7, 11) is 0. The number of aromatic nitrogens is 1. The Labute approximate surface area is 206 Å². The lowest BCUT2D eigenvalue weighted by Gasteiger charge is -2.40. The second-order valence-electron chi connectivity index (χ2n) is 9.56. The van der Waals surface area contributed by atoms with Gasteiger partial charge in [0.15, 0.2) is 0 Å². The molecule has 0 spiro atoms. The van der Waals surface area contributed by atoms with Crippen molar-refractivity contribution in [3.8, 4) is 0 Å². The summed E-state index contributed by atoms with van der Waals surface area (Å²) in [5.74, 6) is 2.02. The van der Waals surface area contributed by atoms with Crippen LogP contribution in [0.25, 0.3) is 0 Å². The number of aryl methyl sites for hydroxylation is 1. The molecule has 0 saturated heterocycles. The highest BCUT2D eigenvalue weighted by atomic mass is 35.5. The first-order chi connectivity index (χ1) is 16.0. The van der Waals surface area contributed by atoms with Gasteiger partial charge >= 0.3 is 4.87 Å². The Kier molecular flexibility index (Phi) is 5.43. The number of fused-ring (bicyclic) bond motifs is 6. The SMILES string of the molecule is Cc1ccc(NC(=O)Cn2c3c(sc2=O)[C@@H](c2ccc(Cl)cc2)[C@H]2[C@H]4CC[C@@H](C4)[C@@H]2S3)cc1. The van der Waals surface area contributed by atoms with Gasteiger partial charge in [0, 0.05) is 26.8 Å². The number of hydrogen-bond acceptors (Lipinski definition) is 4. The molecule has 170 valence electrons. The molecule has 0 unspecified atom stereocenters. The summed E-state index contributed by atoms with van der Waals surface area (Å²) in [5, 5.41) is 5.18. The quantitative estimate of drug-likeness (QED) is 0.470. The molecule has 2 heterocycles. The maximum atomic E-state index is 13.1. The van der Waals surface area contributed by atoms with Crippen molar-refractivity contribution in [1.29, 1.82) is 0 Å². The number of carbonyl (C=O) groups is 1. The fourth-order valence-corrected chi connectivity index (χ4v) is 9.39. The van der Waals surface area contributed by atoms with E-state index in [1.54, 1.807) is 4.57 Å². The van der Waals surface area contributed by atoms with Crippen LogP contribution in [0.5, 0.6) is 0 Å². The molecule has 1 amide bonds. The van der Waals surface area contributed by atoms with Crippen molar-refractivity contribution in [3.05, 3.63) is 79.2 Å². The zero-order chi connectivity index (χ0) is 22.7. The number of anilines is 1. The first-order valence-corrected chi connectivity index (χ1v) is 13.6. The zero-order valence-electron chi connectivity index (χ0n) is 18.3. The van der Waals surface area contributed by atoms with Crippen LogP contribution in [0.2, 0.25) is 5.02 Å². The van der Waals surface area contributed by atoms with E-state index in [1.807, 2.05) is 55.1 Å². The van der Waals surface area contributed by atoms with Crippen LogP contribution in [0.1, 0.15) is 41.2 Å². The molecule has 2 bridgehead atoms. The van der Waals surface area contributed by atoms with Crippen LogP contribution in [0.4, 0.5) is 5.69 Å². The number of thioether (sulfide) groups is 1. The van der Waals surface area contributed by atoms with Gasteiger partial charge < -0.3 is 5.32 Å². The molecule has 2 fully saturated rings. The molecule has 7 heteroatoms. The molecular weight excluding hydrogens is 472 g/mol. The van der Waals surface area contributed by atoms with Gasteiger partial charge in [-0.25, -0.2) is 0 Å². The second-order valence-corrected chi connectivity index (χ2v) is 12.2. The van der Waals surface area contributed by atoms with Crippen LogP contribution in [-0.4, -0.2) is 15.7 Å². The van der Waals surface area contributed by atoms with Gasteiger partial charge in [0.05, 0.1) is 5.03 Å². The minimum atomic E-state index is -0.166. The third-order valence-corrected chi connectivity index (χ3v) is 10.6. The summed E-state index contributed by atoms with van der Waals surface area (Å²) in [5.41, 5.74) is 3.13. The van der Waals surface area contributed by atoms with Gasteiger partial charge in [-0.3, -0.25) is 14.2 Å². The number of nitrogens with zero attached hydrogens (tertiary/aromatic N) is 1. The van der Waals surface area contributed by atoms with E-state index >= 15 is 0 Å². The molecule has 3 aromatic rings. The summed E-state index contributed by atoms with van der Waals surface area (Å²) in [6, 6.07) is 15.9. The summed E-state index contributed by atoms with van der Waals surface area (Å²) in [6.45, 7) is 2.06. The molecule has 1 aliphatic heterocycles. The van der Waals surface area contributed by atoms with Crippen molar-refractivity contribution in [2.75, 3.05) is 5.32 Å². The smallest absolute Gasteiger partial charge is 0.308 e.